The number of nitrogens with zero attached hydrogens (tertiary/aromatic N) is 4. The lowest BCUT2D eigenvalue weighted by Crippen LogP contribution is -2.48. The van der Waals surface area contributed by atoms with Crippen LogP contribution < -0.4 is 9.64 Å². The monoisotopic (exact) mass is 576 g/mol. The maximum Gasteiger partial charge on any atom is 0.247 e. The van der Waals surface area contributed by atoms with E-state index in [2.05, 4.69) is 4.90 Å². The first kappa shape index (κ1) is 27.9. The van der Waals surface area contributed by atoms with Gasteiger partial charge in [-0.1, -0.05) is 11.3 Å². The number of hydrogen-bond donors (Lipinski definition) is 0. The molecule has 3 heterocycles. The Morgan fingerprint density at radius 2 is 1.95 bits per heavy atom. The summed E-state index contributed by atoms with van der Waals surface area (Å²) >= 11 is 1.40. The van der Waals surface area contributed by atoms with Gasteiger partial charge in [-0.05, 0) is 68.7 Å². The van der Waals surface area contributed by atoms with Gasteiger partial charge in [-0.15, -0.1) is 0 Å². The normalized spacial score (nSPS) is 19.0. The van der Waals surface area contributed by atoms with E-state index >= 15 is 0 Å². The van der Waals surface area contributed by atoms with Crippen molar-refractivity contribution >= 4 is 42.6 Å². The van der Waals surface area contributed by atoms with E-state index in [0.717, 1.165) is 47.7 Å². The number of carbonyl (C=O) groups excluding carboxylic acids is 1. The summed E-state index contributed by atoms with van der Waals surface area (Å²) in [7, 11) is -3.98. The molecule has 39 heavy (non-hydrogen) atoms. The summed E-state index contributed by atoms with van der Waals surface area (Å²) in [6.07, 6.45) is 1.69. The molecule has 3 aromatic rings. The average molecular weight is 577 g/mol. The molecular formula is C27H33FN4O5S2. The van der Waals surface area contributed by atoms with E-state index in [1.165, 1.54) is 27.8 Å². The number of thiazole rings is 1. The molecule has 0 aliphatic carbocycles. The van der Waals surface area contributed by atoms with Gasteiger partial charge in [0.25, 0.3) is 0 Å². The number of anilines is 1. The molecule has 1 unspecified atom stereocenters. The molecule has 0 saturated carbocycles. The molecule has 2 saturated heterocycles. The van der Waals surface area contributed by atoms with Crippen LogP contribution in [0.4, 0.5) is 9.52 Å². The van der Waals surface area contributed by atoms with Gasteiger partial charge in [-0.2, -0.15) is 4.31 Å². The van der Waals surface area contributed by atoms with E-state index in [1.54, 1.807) is 4.90 Å². The van der Waals surface area contributed by atoms with Crippen molar-refractivity contribution in [2.45, 2.75) is 37.1 Å². The van der Waals surface area contributed by atoms with E-state index in [4.69, 9.17) is 14.5 Å². The zero-order valence-corrected chi connectivity index (χ0v) is 23.6. The van der Waals surface area contributed by atoms with Crippen LogP contribution in [0.1, 0.15) is 26.2 Å². The lowest BCUT2D eigenvalue weighted by Gasteiger charge is -2.30. The molecule has 210 valence electrons. The highest BCUT2D eigenvalue weighted by Crippen LogP contribution is 2.34. The number of aromatic nitrogens is 1. The van der Waals surface area contributed by atoms with E-state index in [1.807, 2.05) is 25.1 Å². The van der Waals surface area contributed by atoms with Gasteiger partial charge in [0.2, 0.25) is 15.9 Å². The van der Waals surface area contributed by atoms with Crippen molar-refractivity contribution in [2.75, 3.05) is 57.4 Å². The van der Waals surface area contributed by atoms with Gasteiger partial charge in [0.1, 0.15) is 17.6 Å². The Kier molecular flexibility index (Phi) is 8.77. The second kappa shape index (κ2) is 12.3. The quantitative estimate of drug-likeness (QED) is 0.363. The van der Waals surface area contributed by atoms with Crippen LogP contribution in [0.25, 0.3) is 10.2 Å². The summed E-state index contributed by atoms with van der Waals surface area (Å²) in [5.41, 5.74) is 0.756. The summed E-state index contributed by atoms with van der Waals surface area (Å²) in [4.78, 5) is 22.8. The zero-order chi connectivity index (χ0) is 27.4. The van der Waals surface area contributed by atoms with Gasteiger partial charge >= 0.3 is 0 Å². The first-order valence-electron chi connectivity index (χ1n) is 13.3. The number of carbonyl (C=O) groups is 1. The van der Waals surface area contributed by atoms with E-state index in [9.17, 15) is 17.6 Å². The van der Waals surface area contributed by atoms with Crippen LogP contribution in [0.3, 0.4) is 0 Å². The second-order valence-electron chi connectivity index (χ2n) is 9.58. The standard InChI is InChI=1S/C27H33FN4O5S2/c1-2-37-21-8-11-23-25(19-21)38-27(29-23)31(13-4-12-30-15-17-36-18-16-30)26(33)24-5-3-14-32(24)39(34,35)22-9-6-20(28)7-10-22/h6-11,19,24H,2-5,12-18H2,1H3. The zero-order valence-electron chi connectivity index (χ0n) is 21.9. The van der Waals surface area contributed by atoms with Crippen LogP contribution in [0.2, 0.25) is 0 Å². The smallest absolute Gasteiger partial charge is 0.247 e. The summed E-state index contributed by atoms with van der Waals surface area (Å²) in [6.45, 7) is 7.00. The number of fused-ring (bicyclic) bond motifs is 1. The summed E-state index contributed by atoms with van der Waals surface area (Å²) < 4.78 is 53.6. The fourth-order valence-electron chi connectivity index (χ4n) is 5.04. The van der Waals surface area contributed by atoms with Crippen molar-refractivity contribution in [1.29, 1.82) is 0 Å². The van der Waals surface area contributed by atoms with Crippen LogP contribution in [0.5, 0.6) is 5.75 Å². The fraction of sp³-hybridized carbons (Fsp3) is 0.481. The van der Waals surface area contributed by atoms with Gasteiger partial charge in [-0.3, -0.25) is 14.6 Å². The van der Waals surface area contributed by atoms with Gasteiger partial charge in [0.15, 0.2) is 5.13 Å². The minimum absolute atomic E-state index is 0.0223. The van der Waals surface area contributed by atoms with Crippen molar-refractivity contribution in [3.63, 3.8) is 0 Å². The number of rotatable bonds is 10. The van der Waals surface area contributed by atoms with Crippen molar-refractivity contribution in [3.05, 3.63) is 48.3 Å². The SMILES string of the molecule is CCOc1ccc2nc(N(CCCN3CCOCC3)C(=O)C3CCCN3S(=O)(=O)c3ccc(F)cc3)sc2c1. The largest absolute Gasteiger partial charge is 0.494 e. The third-order valence-corrected chi connectivity index (χ3v) is 9.99. The van der Waals surface area contributed by atoms with E-state index in [0.29, 0.717) is 50.8 Å². The summed E-state index contributed by atoms with van der Waals surface area (Å²) in [6, 6.07) is 9.52. The highest BCUT2D eigenvalue weighted by Gasteiger charge is 2.42. The molecule has 2 fully saturated rings. The highest BCUT2D eigenvalue weighted by molar-refractivity contribution is 7.89. The Bertz CT molecular complexity index is 1390. The molecule has 9 nitrogen and oxygen atoms in total. The molecule has 1 aromatic heterocycles. The molecule has 5 rings (SSSR count). The number of sulfonamides is 1. The van der Waals surface area contributed by atoms with Gasteiger partial charge in [-0.25, -0.2) is 17.8 Å². The average Bonchev–Trinajstić information content (AvgIpc) is 3.60. The van der Waals surface area contributed by atoms with Crippen molar-refractivity contribution in [1.82, 2.24) is 14.2 Å². The first-order valence-corrected chi connectivity index (χ1v) is 15.5. The molecule has 1 atom stereocenters. The number of ether oxygens (including phenoxy) is 2. The summed E-state index contributed by atoms with van der Waals surface area (Å²) in [5.74, 6) is -0.0697. The molecule has 0 radical (unpaired) electrons. The molecule has 2 aliphatic rings. The molecule has 0 bridgehead atoms. The molecule has 12 heteroatoms. The van der Waals surface area contributed by atoms with Crippen molar-refractivity contribution in [3.8, 4) is 5.75 Å². The van der Waals surface area contributed by atoms with E-state index < -0.39 is 21.9 Å². The molecule has 0 N–H and O–H groups in total. The Hall–Kier alpha value is -2.64. The number of benzene rings is 2. The maximum atomic E-state index is 14.1. The molecule has 0 spiro atoms. The minimum atomic E-state index is -3.98. The third-order valence-electron chi connectivity index (χ3n) is 7.03. The molecule has 2 aromatic carbocycles. The number of amides is 1. The molecule has 2 aliphatic heterocycles. The summed E-state index contributed by atoms with van der Waals surface area (Å²) in [5, 5.41) is 0.539. The van der Waals surface area contributed by atoms with Crippen LogP contribution in [0, 0.1) is 5.82 Å². The molecular weight excluding hydrogens is 543 g/mol. The van der Waals surface area contributed by atoms with Crippen molar-refractivity contribution < 1.29 is 27.1 Å². The highest BCUT2D eigenvalue weighted by atomic mass is 32.2. The van der Waals surface area contributed by atoms with E-state index in [-0.39, 0.29) is 17.3 Å². The predicted molar refractivity (Wildman–Crippen MR) is 148 cm³/mol. The number of halogens is 1. The predicted octanol–water partition coefficient (Wildman–Crippen LogP) is 3.74. The first-order chi connectivity index (χ1) is 18.9. The van der Waals surface area contributed by atoms with Gasteiger partial charge in [0, 0.05) is 32.7 Å². The maximum absolute atomic E-state index is 14.1. The minimum Gasteiger partial charge on any atom is -0.494 e. The second-order valence-corrected chi connectivity index (χ2v) is 12.5. The van der Waals surface area contributed by atoms with Crippen LogP contribution in [-0.2, 0) is 19.6 Å². The fourth-order valence-corrected chi connectivity index (χ4v) is 7.71. The lowest BCUT2D eigenvalue weighted by atomic mass is 10.2. The number of hydrogen-bond acceptors (Lipinski definition) is 8. The Morgan fingerprint density at radius 3 is 2.69 bits per heavy atom. The van der Waals surface area contributed by atoms with Crippen molar-refractivity contribution in [2.24, 2.45) is 0 Å². The van der Waals surface area contributed by atoms with Crippen LogP contribution >= 0.6 is 11.3 Å². The Morgan fingerprint density at radius 1 is 1.18 bits per heavy atom. The van der Waals surface area contributed by atoms with Gasteiger partial charge in [0.05, 0.1) is 34.9 Å². The molecule has 1 amide bonds. The third kappa shape index (κ3) is 6.25. The Labute approximate surface area is 232 Å². The Balaban J connectivity index is 1.41. The van der Waals surface area contributed by atoms with Crippen LogP contribution in [-0.4, -0.2) is 87.1 Å². The topological polar surface area (TPSA) is 92.3 Å². The lowest BCUT2D eigenvalue weighted by molar-refractivity contribution is -0.121. The van der Waals surface area contributed by atoms with Crippen LogP contribution in [0.15, 0.2) is 47.4 Å². The number of morpholine rings is 1. The van der Waals surface area contributed by atoms with Gasteiger partial charge < -0.3 is 9.47 Å².